The first-order valence-corrected chi connectivity index (χ1v) is 12.9. The molecule has 0 bridgehead atoms. The molecule has 0 aliphatic heterocycles. The second-order valence-electron chi connectivity index (χ2n) is 9.86. The van der Waals surface area contributed by atoms with E-state index in [0.29, 0.717) is 18.7 Å². The molecule has 0 radical (unpaired) electrons. The van der Waals surface area contributed by atoms with Crippen molar-refractivity contribution < 1.29 is 4.74 Å². The summed E-state index contributed by atoms with van der Waals surface area (Å²) in [6.07, 6.45) is 0.896. The number of hydrogen-bond acceptors (Lipinski definition) is 7. The second-order valence-corrected chi connectivity index (χ2v) is 10.9. The largest absolute Gasteiger partial charge is 0.497 e. The van der Waals surface area contributed by atoms with Gasteiger partial charge in [-0.3, -0.25) is 9.69 Å². The average molecular weight is 495 g/mol. The summed E-state index contributed by atoms with van der Waals surface area (Å²) in [5.74, 6) is 1.79. The first-order valence-electron chi connectivity index (χ1n) is 12.0. The number of nitrogens with zero attached hydrogens (tertiary/aromatic N) is 5. The lowest BCUT2D eigenvalue weighted by Gasteiger charge is -2.35. The summed E-state index contributed by atoms with van der Waals surface area (Å²) in [4.78, 5) is 19.7. The number of methoxy groups -OCH3 is 1. The third-order valence-corrected chi connectivity index (χ3v) is 7.52. The summed E-state index contributed by atoms with van der Waals surface area (Å²) < 4.78 is 7.34. The molecule has 186 valence electrons. The van der Waals surface area contributed by atoms with Crippen LogP contribution in [0.4, 0.5) is 0 Å². The predicted octanol–water partition coefficient (Wildman–Crippen LogP) is 5.13. The van der Waals surface area contributed by atoms with Gasteiger partial charge in [-0.25, -0.2) is 4.68 Å². The molecule has 8 nitrogen and oxygen atoms in total. The topological polar surface area (TPSA) is 88.9 Å². The summed E-state index contributed by atoms with van der Waals surface area (Å²) in [5, 5.41) is 16.0. The van der Waals surface area contributed by atoms with Gasteiger partial charge >= 0.3 is 0 Å². The third-order valence-electron chi connectivity index (χ3n) is 6.66. The number of H-pyrrole nitrogens is 1. The van der Waals surface area contributed by atoms with Crippen LogP contribution < -0.4 is 10.3 Å². The molecule has 0 aliphatic carbocycles. The first-order chi connectivity index (χ1) is 16.7. The van der Waals surface area contributed by atoms with Gasteiger partial charge in [0.05, 0.1) is 18.7 Å². The SMILES string of the molecule is CCC(C)(C)n1nnnc1C(C(C)C)N(Cc1cccs1)Cc1cc2cc(OC)ccc2[nH]c1=O. The van der Waals surface area contributed by atoms with E-state index in [2.05, 4.69) is 77.5 Å². The van der Waals surface area contributed by atoms with Gasteiger partial charge in [0, 0.05) is 34.4 Å². The van der Waals surface area contributed by atoms with Gasteiger partial charge in [0.15, 0.2) is 5.82 Å². The predicted molar refractivity (Wildman–Crippen MR) is 140 cm³/mol. The zero-order valence-electron chi connectivity index (χ0n) is 21.3. The van der Waals surface area contributed by atoms with Crippen LogP contribution in [0, 0.1) is 5.92 Å². The molecule has 35 heavy (non-hydrogen) atoms. The molecule has 4 rings (SSSR count). The monoisotopic (exact) mass is 494 g/mol. The zero-order chi connectivity index (χ0) is 25.2. The number of rotatable bonds is 10. The Kier molecular flexibility index (Phi) is 7.37. The lowest BCUT2D eigenvalue weighted by atomic mass is 9.97. The van der Waals surface area contributed by atoms with Crippen LogP contribution in [0.15, 0.2) is 46.6 Å². The van der Waals surface area contributed by atoms with E-state index in [4.69, 9.17) is 4.74 Å². The molecule has 3 heterocycles. The van der Waals surface area contributed by atoms with Crippen molar-refractivity contribution in [1.29, 1.82) is 0 Å². The molecule has 1 N–H and O–H groups in total. The molecule has 0 saturated carbocycles. The van der Waals surface area contributed by atoms with E-state index in [9.17, 15) is 4.79 Å². The van der Waals surface area contributed by atoms with E-state index in [0.717, 1.165) is 28.9 Å². The van der Waals surface area contributed by atoms with E-state index in [-0.39, 0.29) is 23.1 Å². The van der Waals surface area contributed by atoms with Crippen LogP contribution in [0.25, 0.3) is 10.9 Å². The standard InChI is InChI=1S/C26H34N6O2S/c1-7-26(4,5)32-24(28-29-30-32)23(17(2)3)31(16-21-9-8-12-35-21)15-19-13-18-14-20(34-6)10-11-22(18)27-25(19)33/h8-14,17,23H,7,15-16H2,1-6H3,(H,27,33). The number of aromatic amines is 1. The van der Waals surface area contributed by atoms with Crippen LogP contribution in [0.2, 0.25) is 0 Å². The van der Waals surface area contributed by atoms with Crippen molar-refractivity contribution in [1.82, 2.24) is 30.1 Å². The molecule has 0 aliphatic rings. The highest BCUT2D eigenvalue weighted by molar-refractivity contribution is 7.09. The number of nitrogens with one attached hydrogen (secondary N) is 1. The quantitative estimate of drug-likeness (QED) is 0.329. The van der Waals surface area contributed by atoms with Crippen LogP contribution in [0.3, 0.4) is 0 Å². The van der Waals surface area contributed by atoms with Crippen LogP contribution >= 0.6 is 11.3 Å². The summed E-state index contributed by atoms with van der Waals surface area (Å²) in [7, 11) is 1.64. The molecule has 0 spiro atoms. The maximum Gasteiger partial charge on any atom is 0.252 e. The van der Waals surface area contributed by atoms with Crippen molar-refractivity contribution in [2.24, 2.45) is 5.92 Å². The number of ether oxygens (including phenoxy) is 1. The Morgan fingerprint density at radius 2 is 2.00 bits per heavy atom. The molecule has 1 unspecified atom stereocenters. The highest BCUT2D eigenvalue weighted by atomic mass is 32.1. The van der Waals surface area contributed by atoms with Crippen LogP contribution in [0.1, 0.15) is 63.3 Å². The summed E-state index contributed by atoms with van der Waals surface area (Å²) in [5.41, 5.74) is 1.17. The normalized spacial score (nSPS) is 13.1. The number of thiophene rings is 1. The minimum Gasteiger partial charge on any atom is -0.497 e. The van der Waals surface area contributed by atoms with E-state index in [1.54, 1.807) is 18.4 Å². The van der Waals surface area contributed by atoms with Crippen molar-refractivity contribution in [2.75, 3.05) is 7.11 Å². The molecule has 3 aromatic heterocycles. The van der Waals surface area contributed by atoms with E-state index < -0.39 is 0 Å². The molecule has 0 saturated heterocycles. The second kappa shape index (κ2) is 10.3. The lowest BCUT2D eigenvalue weighted by Crippen LogP contribution is -2.38. The Morgan fingerprint density at radius 3 is 2.66 bits per heavy atom. The van der Waals surface area contributed by atoms with Crippen molar-refractivity contribution in [3.8, 4) is 5.75 Å². The molecule has 0 fully saturated rings. The molecular formula is C26H34N6O2S. The minimum atomic E-state index is -0.225. The molecule has 9 heteroatoms. The van der Waals surface area contributed by atoms with E-state index in [1.165, 1.54) is 4.88 Å². The summed E-state index contributed by atoms with van der Waals surface area (Å²) in [6, 6.07) is 11.7. The van der Waals surface area contributed by atoms with Crippen LogP contribution in [-0.4, -0.2) is 37.2 Å². The third kappa shape index (κ3) is 5.31. The van der Waals surface area contributed by atoms with E-state index in [1.807, 2.05) is 28.9 Å². The Balaban J connectivity index is 1.79. The molecule has 1 aromatic carbocycles. The van der Waals surface area contributed by atoms with Gasteiger partial charge in [-0.2, -0.15) is 0 Å². The summed E-state index contributed by atoms with van der Waals surface area (Å²) >= 11 is 1.71. The van der Waals surface area contributed by atoms with Crippen molar-refractivity contribution >= 4 is 22.2 Å². The van der Waals surface area contributed by atoms with Crippen LogP contribution in [-0.2, 0) is 18.6 Å². The highest BCUT2D eigenvalue weighted by Crippen LogP contribution is 2.33. The zero-order valence-corrected chi connectivity index (χ0v) is 22.1. The fraction of sp³-hybridized carbons (Fsp3) is 0.462. The number of fused-ring (bicyclic) bond motifs is 1. The van der Waals surface area contributed by atoms with Gasteiger partial charge in [-0.15, -0.1) is 16.4 Å². The molecule has 4 aromatic rings. The Labute approximate surface area is 209 Å². The number of aromatic nitrogens is 5. The van der Waals surface area contributed by atoms with Gasteiger partial charge in [0.25, 0.3) is 5.56 Å². The number of hydrogen-bond donors (Lipinski definition) is 1. The van der Waals surface area contributed by atoms with Crippen molar-refractivity contribution in [3.05, 3.63) is 68.4 Å². The van der Waals surface area contributed by atoms with Gasteiger partial charge < -0.3 is 9.72 Å². The Hall–Kier alpha value is -3.04. The molecular weight excluding hydrogens is 460 g/mol. The van der Waals surface area contributed by atoms with Crippen LogP contribution in [0.5, 0.6) is 5.75 Å². The number of tetrazole rings is 1. The lowest BCUT2D eigenvalue weighted by molar-refractivity contribution is 0.119. The molecule has 0 amide bonds. The smallest absolute Gasteiger partial charge is 0.252 e. The minimum absolute atomic E-state index is 0.0849. The van der Waals surface area contributed by atoms with Gasteiger partial charge in [0.2, 0.25) is 0 Å². The highest BCUT2D eigenvalue weighted by Gasteiger charge is 2.34. The maximum atomic E-state index is 13.1. The maximum absolute atomic E-state index is 13.1. The van der Waals surface area contributed by atoms with Gasteiger partial charge in [-0.05, 0) is 72.3 Å². The first kappa shape index (κ1) is 25.1. The summed E-state index contributed by atoms with van der Waals surface area (Å²) in [6.45, 7) is 11.9. The fourth-order valence-corrected chi connectivity index (χ4v) is 5.12. The number of benzene rings is 1. The fourth-order valence-electron chi connectivity index (χ4n) is 4.39. The van der Waals surface area contributed by atoms with Gasteiger partial charge in [0.1, 0.15) is 5.75 Å². The molecule has 1 atom stereocenters. The van der Waals surface area contributed by atoms with Gasteiger partial charge in [-0.1, -0.05) is 26.8 Å². The van der Waals surface area contributed by atoms with E-state index >= 15 is 0 Å². The Morgan fingerprint density at radius 1 is 1.20 bits per heavy atom. The van der Waals surface area contributed by atoms with Crippen molar-refractivity contribution in [3.63, 3.8) is 0 Å². The van der Waals surface area contributed by atoms with Crippen molar-refractivity contribution in [2.45, 2.75) is 65.7 Å². The Bertz CT molecular complexity index is 1330. The average Bonchev–Trinajstić information content (AvgIpc) is 3.52. The number of pyridine rings is 1.